The second-order valence-electron chi connectivity index (χ2n) is 9.13. The van der Waals surface area contributed by atoms with Crippen LogP contribution in [0.15, 0.2) is 53.6 Å². The highest BCUT2D eigenvalue weighted by Crippen LogP contribution is 2.44. The number of halogens is 3. The van der Waals surface area contributed by atoms with Crippen molar-refractivity contribution < 1.29 is 32.6 Å². The summed E-state index contributed by atoms with van der Waals surface area (Å²) < 4.78 is 45.8. The molecule has 6 nitrogen and oxygen atoms in total. The summed E-state index contributed by atoms with van der Waals surface area (Å²) in [5, 5.41) is 14.2. The number of hydrogen-bond acceptors (Lipinski definition) is 5. The van der Waals surface area contributed by atoms with E-state index in [9.17, 15) is 27.9 Å². The van der Waals surface area contributed by atoms with E-state index in [1.807, 2.05) is 6.07 Å². The van der Waals surface area contributed by atoms with Crippen LogP contribution in [0.4, 0.5) is 13.2 Å². The van der Waals surface area contributed by atoms with Gasteiger partial charge in [0.05, 0.1) is 5.56 Å². The molecule has 1 atom stereocenters. The van der Waals surface area contributed by atoms with Crippen LogP contribution in [0.25, 0.3) is 0 Å². The number of carbonyl (C=O) groups excluding carboxylic acids is 1. The van der Waals surface area contributed by atoms with Gasteiger partial charge in [-0.05, 0) is 73.6 Å². The summed E-state index contributed by atoms with van der Waals surface area (Å²) in [6.45, 7) is 5.27. The monoisotopic (exact) mass is 506 g/mol. The minimum Gasteiger partial charge on any atom is -0.478 e. The highest BCUT2D eigenvalue weighted by molar-refractivity contribution is 8.04. The number of nitrogens with zero attached hydrogens (tertiary/aromatic N) is 1. The Morgan fingerprint density at radius 1 is 1.14 bits per heavy atom. The first kappa shape index (κ1) is 25.0. The van der Waals surface area contributed by atoms with Gasteiger partial charge in [0, 0.05) is 18.8 Å². The van der Waals surface area contributed by atoms with Crippen molar-refractivity contribution in [3.05, 3.63) is 75.8 Å². The number of allylic oxidation sites excluding steroid dienone is 1. The molecule has 0 saturated heterocycles. The molecule has 0 spiro atoms. The highest BCUT2D eigenvalue weighted by atomic mass is 32.2. The standard InChI is InChI=1S/C25H25F3N2O4S/c1-15-14-35-24(29-15,18-5-4-6-19(12-18)25(26,27)28)21(31)30-10-9-16-7-8-20(11-17(16)13-30)34-23(2,3)22(32)33/h4-8,11-12,14,29H,9-10,13H2,1-3H3,(H,32,33). The molecule has 0 saturated carbocycles. The van der Waals surface area contributed by atoms with Crippen molar-refractivity contribution in [3.63, 3.8) is 0 Å². The van der Waals surface area contributed by atoms with Crippen molar-refractivity contribution in [1.29, 1.82) is 0 Å². The second-order valence-corrected chi connectivity index (χ2v) is 10.2. The van der Waals surface area contributed by atoms with Gasteiger partial charge in [-0.1, -0.05) is 30.0 Å². The fourth-order valence-corrected chi connectivity index (χ4v) is 5.25. The number of ether oxygens (including phenoxy) is 1. The molecule has 0 fully saturated rings. The fourth-order valence-electron chi connectivity index (χ4n) is 4.13. The third-order valence-corrected chi connectivity index (χ3v) is 7.39. The summed E-state index contributed by atoms with van der Waals surface area (Å²) in [6.07, 6.45) is -3.98. The number of carboxylic acids is 1. The summed E-state index contributed by atoms with van der Waals surface area (Å²) in [7, 11) is 0. The van der Waals surface area contributed by atoms with Crippen molar-refractivity contribution in [2.75, 3.05) is 6.54 Å². The lowest BCUT2D eigenvalue weighted by molar-refractivity contribution is -0.152. The molecule has 2 aliphatic rings. The Morgan fingerprint density at radius 3 is 2.51 bits per heavy atom. The van der Waals surface area contributed by atoms with Gasteiger partial charge in [-0.3, -0.25) is 4.79 Å². The third-order valence-electron chi connectivity index (χ3n) is 6.05. The quantitative estimate of drug-likeness (QED) is 0.602. The molecule has 0 bridgehead atoms. The van der Waals surface area contributed by atoms with Gasteiger partial charge < -0.3 is 20.1 Å². The van der Waals surface area contributed by atoms with Gasteiger partial charge in [0.15, 0.2) is 10.5 Å². The number of rotatable bonds is 5. The zero-order valence-corrected chi connectivity index (χ0v) is 20.2. The van der Waals surface area contributed by atoms with Crippen molar-refractivity contribution in [2.45, 2.75) is 50.4 Å². The average molecular weight is 507 g/mol. The molecule has 0 aliphatic carbocycles. The topological polar surface area (TPSA) is 78.9 Å². The molecule has 35 heavy (non-hydrogen) atoms. The number of amides is 1. The third kappa shape index (κ3) is 4.84. The van der Waals surface area contributed by atoms with Crippen LogP contribution in [0.1, 0.15) is 43.0 Å². The molecule has 0 aromatic heterocycles. The average Bonchev–Trinajstić information content (AvgIpc) is 3.20. The van der Waals surface area contributed by atoms with Gasteiger partial charge in [0.1, 0.15) is 5.75 Å². The van der Waals surface area contributed by atoms with E-state index in [4.69, 9.17) is 4.74 Å². The molecule has 1 unspecified atom stereocenters. The van der Waals surface area contributed by atoms with Crippen molar-refractivity contribution in [3.8, 4) is 5.75 Å². The molecule has 2 heterocycles. The normalized spacial score (nSPS) is 20.1. The maximum Gasteiger partial charge on any atom is 0.416 e. The molecule has 4 rings (SSSR count). The number of alkyl halides is 3. The van der Waals surface area contributed by atoms with Gasteiger partial charge in [-0.2, -0.15) is 13.2 Å². The summed E-state index contributed by atoms with van der Waals surface area (Å²) in [4.78, 5) is 25.5. The summed E-state index contributed by atoms with van der Waals surface area (Å²) in [5.74, 6) is -1.09. The Hall–Kier alpha value is -3.14. The first-order valence-corrected chi connectivity index (χ1v) is 11.8. The number of fused-ring (bicyclic) bond motifs is 1. The first-order chi connectivity index (χ1) is 16.3. The minimum absolute atomic E-state index is 0.223. The van der Waals surface area contributed by atoms with Crippen LogP contribution in [0.2, 0.25) is 0 Å². The van der Waals surface area contributed by atoms with Crippen molar-refractivity contribution in [2.24, 2.45) is 0 Å². The number of benzene rings is 2. The predicted octanol–water partition coefficient (Wildman–Crippen LogP) is 4.88. The van der Waals surface area contributed by atoms with E-state index in [2.05, 4.69) is 5.32 Å². The van der Waals surface area contributed by atoms with Gasteiger partial charge in [0.25, 0.3) is 5.91 Å². The van der Waals surface area contributed by atoms with Crippen molar-refractivity contribution in [1.82, 2.24) is 10.2 Å². The zero-order valence-electron chi connectivity index (χ0n) is 19.4. The Bertz CT molecular complexity index is 1210. The van der Waals surface area contributed by atoms with Gasteiger partial charge in [-0.25, -0.2) is 4.79 Å². The summed E-state index contributed by atoms with van der Waals surface area (Å²) in [5.41, 5.74) is 0.464. The predicted molar refractivity (Wildman–Crippen MR) is 126 cm³/mol. The molecular weight excluding hydrogens is 481 g/mol. The largest absolute Gasteiger partial charge is 0.478 e. The number of nitrogens with one attached hydrogen (secondary N) is 1. The van der Waals surface area contributed by atoms with Gasteiger partial charge in [-0.15, -0.1) is 0 Å². The SMILES string of the molecule is CC1=CSC(C(=O)N2CCc3ccc(OC(C)(C)C(=O)O)cc3C2)(c2cccc(C(F)(F)F)c2)N1. The van der Waals surface area contributed by atoms with E-state index in [1.54, 1.807) is 29.4 Å². The Morgan fingerprint density at radius 2 is 1.89 bits per heavy atom. The van der Waals surface area contributed by atoms with Crippen molar-refractivity contribution >= 4 is 23.6 Å². The van der Waals surface area contributed by atoms with Gasteiger partial charge in [0.2, 0.25) is 0 Å². The summed E-state index contributed by atoms with van der Waals surface area (Å²) >= 11 is 1.15. The maximum absolute atomic E-state index is 13.9. The van der Waals surface area contributed by atoms with Crippen LogP contribution in [-0.4, -0.2) is 34.0 Å². The number of carbonyl (C=O) groups is 2. The van der Waals surface area contributed by atoms with E-state index < -0.39 is 28.2 Å². The van der Waals surface area contributed by atoms with Crippen LogP contribution >= 0.6 is 11.8 Å². The molecule has 186 valence electrons. The molecule has 2 aromatic carbocycles. The molecule has 2 aliphatic heterocycles. The smallest absolute Gasteiger partial charge is 0.416 e. The molecule has 2 N–H and O–H groups in total. The Labute approximate surface area is 205 Å². The molecule has 0 radical (unpaired) electrons. The Balaban J connectivity index is 1.64. The van der Waals surface area contributed by atoms with E-state index >= 15 is 0 Å². The fraction of sp³-hybridized carbons (Fsp3) is 0.360. The number of aliphatic carboxylic acids is 1. The lowest BCUT2D eigenvalue weighted by Gasteiger charge is -2.37. The second kappa shape index (κ2) is 8.82. The zero-order chi connectivity index (χ0) is 25.6. The van der Waals surface area contributed by atoms with Crippen LogP contribution in [0.3, 0.4) is 0 Å². The molecule has 2 aromatic rings. The van der Waals surface area contributed by atoms with Crippen LogP contribution in [0, 0.1) is 0 Å². The first-order valence-electron chi connectivity index (χ1n) is 11.0. The number of carboxylic acid groups (broad SMARTS) is 1. The molecule has 1 amide bonds. The Kier molecular flexibility index (Phi) is 6.29. The molecule has 10 heteroatoms. The lowest BCUT2D eigenvalue weighted by atomic mass is 9.96. The summed E-state index contributed by atoms with van der Waals surface area (Å²) in [6, 6.07) is 10.1. The van der Waals surface area contributed by atoms with Crippen LogP contribution in [0.5, 0.6) is 5.75 Å². The van der Waals surface area contributed by atoms with E-state index in [1.165, 1.54) is 26.0 Å². The molecular formula is C25H25F3N2O4S. The number of hydrogen-bond donors (Lipinski definition) is 2. The highest BCUT2D eigenvalue weighted by Gasteiger charge is 2.47. The minimum atomic E-state index is -4.53. The van der Waals surface area contributed by atoms with Crippen LogP contribution in [-0.2, 0) is 33.6 Å². The van der Waals surface area contributed by atoms with E-state index in [0.29, 0.717) is 24.4 Å². The number of thioether (sulfide) groups is 1. The van der Waals surface area contributed by atoms with Crippen LogP contribution < -0.4 is 10.1 Å². The lowest BCUT2D eigenvalue weighted by Crippen LogP contribution is -2.52. The maximum atomic E-state index is 13.9. The van der Waals surface area contributed by atoms with E-state index in [-0.39, 0.29) is 18.0 Å². The van der Waals surface area contributed by atoms with Gasteiger partial charge >= 0.3 is 12.1 Å². The van der Waals surface area contributed by atoms with E-state index in [0.717, 1.165) is 35.0 Å².